The maximum absolute atomic E-state index is 2.43. The summed E-state index contributed by atoms with van der Waals surface area (Å²) in [6.45, 7) is 0. The lowest BCUT2D eigenvalue weighted by Gasteiger charge is -2.30. The fourth-order valence-corrected chi connectivity index (χ4v) is 8.20. The minimum Gasteiger partial charge on any atom is -0.310 e. The largest absolute Gasteiger partial charge is 0.310 e. The molecular weight excluding hydrogens is 663 g/mol. The van der Waals surface area contributed by atoms with Crippen molar-refractivity contribution in [3.05, 3.63) is 224 Å². The molecule has 0 amide bonds. The molecule has 0 fully saturated rings. The highest BCUT2D eigenvalue weighted by molar-refractivity contribution is 6.13. The summed E-state index contributed by atoms with van der Waals surface area (Å²) < 4.78 is 0. The molecule has 1 nitrogen and oxygen atoms in total. The van der Waals surface area contributed by atoms with Crippen LogP contribution >= 0.6 is 0 Å². The number of anilines is 3. The molecule has 0 spiro atoms. The first-order valence-electron chi connectivity index (χ1n) is 18.9. The van der Waals surface area contributed by atoms with Crippen LogP contribution in [0.4, 0.5) is 17.1 Å². The van der Waals surface area contributed by atoms with E-state index in [4.69, 9.17) is 0 Å². The molecule has 10 aromatic carbocycles. The predicted molar refractivity (Wildman–Crippen MR) is 235 cm³/mol. The summed E-state index contributed by atoms with van der Waals surface area (Å²) in [5.74, 6) is 0. The van der Waals surface area contributed by atoms with Crippen LogP contribution in [0, 0.1) is 0 Å². The topological polar surface area (TPSA) is 3.24 Å². The standard InChI is InChI=1S/C54H37N/c1-3-16-39(17-4-1)49-27-14-28-53(54(49)41-18-5-2-6-19-41)55(47-23-13-22-43(36-47)44-30-29-38-15-7-8-20-42(38)35-44)46-33-31-40(32-34-46)52-37-45-21-9-10-24-48(45)50-25-11-12-26-51(50)52/h1-37H. The van der Waals surface area contributed by atoms with Crippen LogP contribution in [0.25, 0.3) is 76.8 Å². The number of nitrogens with zero attached hydrogens (tertiary/aromatic N) is 1. The smallest absolute Gasteiger partial charge is 0.0546 e. The molecule has 0 unspecified atom stereocenters. The minimum absolute atomic E-state index is 1.09. The summed E-state index contributed by atoms with van der Waals surface area (Å²) in [5.41, 5.74) is 12.8. The lowest BCUT2D eigenvalue weighted by molar-refractivity contribution is 1.28. The zero-order valence-corrected chi connectivity index (χ0v) is 30.3. The van der Waals surface area contributed by atoms with Crippen molar-refractivity contribution in [2.24, 2.45) is 0 Å². The monoisotopic (exact) mass is 699 g/mol. The maximum Gasteiger partial charge on any atom is 0.0546 e. The Morgan fingerprint density at radius 1 is 0.255 bits per heavy atom. The molecule has 0 aliphatic heterocycles. The summed E-state index contributed by atoms with van der Waals surface area (Å²) in [6.07, 6.45) is 0. The Morgan fingerprint density at radius 3 is 1.60 bits per heavy atom. The van der Waals surface area contributed by atoms with Gasteiger partial charge in [-0.2, -0.15) is 0 Å². The third kappa shape index (κ3) is 6.02. The first-order valence-corrected chi connectivity index (χ1v) is 18.9. The summed E-state index contributed by atoms with van der Waals surface area (Å²) in [7, 11) is 0. The van der Waals surface area contributed by atoms with E-state index < -0.39 is 0 Å². The van der Waals surface area contributed by atoms with Gasteiger partial charge in [0.05, 0.1) is 5.69 Å². The van der Waals surface area contributed by atoms with E-state index in [-0.39, 0.29) is 0 Å². The van der Waals surface area contributed by atoms with Crippen LogP contribution < -0.4 is 4.90 Å². The molecule has 0 saturated carbocycles. The van der Waals surface area contributed by atoms with Crippen molar-refractivity contribution in [1.82, 2.24) is 0 Å². The van der Waals surface area contributed by atoms with Gasteiger partial charge in [-0.1, -0.05) is 182 Å². The molecule has 0 aliphatic rings. The van der Waals surface area contributed by atoms with E-state index in [0.717, 1.165) is 17.1 Å². The Balaban J connectivity index is 1.18. The molecule has 55 heavy (non-hydrogen) atoms. The van der Waals surface area contributed by atoms with Crippen molar-refractivity contribution >= 4 is 49.4 Å². The third-order valence-corrected chi connectivity index (χ3v) is 10.8. The lowest BCUT2D eigenvalue weighted by atomic mass is 9.91. The number of benzene rings is 10. The van der Waals surface area contributed by atoms with Gasteiger partial charge in [0.15, 0.2) is 0 Å². The molecule has 10 rings (SSSR count). The third-order valence-electron chi connectivity index (χ3n) is 10.8. The van der Waals surface area contributed by atoms with E-state index in [9.17, 15) is 0 Å². The Bertz CT molecular complexity index is 2960. The second-order valence-corrected chi connectivity index (χ2v) is 14.1. The first-order chi connectivity index (χ1) is 27.3. The Labute approximate surface area is 322 Å². The van der Waals surface area contributed by atoms with Crippen LogP contribution in [-0.4, -0.2) is 0 Å². The van der Waals surface area contributed by atoms with E-state index in [1.807, 2.05) is 0 Å². The van der Waals surface area contributed by atoms with Gasteiger partial charge in [-0.3, -0.25) is 0 Å². The molecule has 0 aromatic heterocycles. The molecule has 0 heterocycles. The van der Waals surface area contributed by atoms with Crippen LogP contribution in [0.1, 0.15) is 0 Å². The molecular formula is C54H37N. The summed E-state index contributed by atoms with van der Waals surface area (Å²) >= 11 is 0. The van der Waals surface area contributed by atoms with Gasteiger partial charge >= 0.3 is 0 Å². The van der Waals surface area contributed by atoms with E-state index in [1.165, 1.54) is 76.8 Å². The number of hydrogen-bond donors (Lipinski definition) is 0. The Hall–Kier alpha value is -7.22. The highest BCUT2D eigenvalue weighted by Crippen LogP contribution is 2.46. The Morgan fingerprint density at radius 2 is 0.818 bits per heavy atom. The van der Waals surface area contributed by atoms with Gasteiger partial charge in [0.25, 0.3) is 0 Å². The van der Waals surface area contributed by atoms with Gasteiger partial charge in [-0.15, -0.1) is 0 Å². The van der Waals surface area contributed by atoms with Crippen molar-refractivity contribution < 1.29 is 0 Å². The molecule has 0 aliphatic carbocycles. The number of rotatable bonds is 7. The molecule has 0 atom stereocenters. The fraction of sp³-hybridized carbons (Fsp3) is 0. The maximum atomic E-state index is 2.43. The van der Waals surface area contributed by atoms with E-state index in [2.05, 4.69) is 229 Å². The zero-order chi connectivity index (χ0) is 36.6. The van der Waals surface area contributed by atoms with E-state index >= 15 is 0 Å². The summed E-state index contributed by atoms with van der Waals surface area (Å²) in [4.78, 5) is 2.43. The molecule has 0 radical (unpaired) electrons. The Kier molecular flexibility index (Phi) is 8.24. The fourth-order valence-electron chi connectivity index (χ4n) is 8.20. The molecule has 258 valence electrons. The van der Waals surface area contributed by atoms with Gasteiger partial charge in [0.1, 0.15) is 0 Å². The van der Waals surface area contributed by atoms with Crippen molar-refractivity contribution in [3.8, 4) is 44.5 Å². The van der Waals surface area contributed by atoms with E-state index in [1.54, 1.807) is 0 Å². The first kappa shape index (κ1) is 32.4. The molecule has 10 aromatic rings. The van der Waals surface area contributed by atoms with Gasteiger partial charge in [-0.25, -0.2) is 0 Å². The van der Waals surface area contributed by atoms with Crippen molar-refractivity contribution in [2.45, 2.75) is 0 Å². The van der Waals surface area contributed by atoms with Crippen LogP contribution in [0.3, 0.4) is 0 Å². The van der Waals surface area contributed by atoms with E-state index in [0.29, 0.717) is 0 Å². The van der Waals surface area contributed by atoms with Crippen molar-refractivity contribution in [3.63, 3.8) is 0 Å². The van der Waals surface area contributed by atoms with Crippen LogP contribution in [-0.2, 0) is 0 Å². The second kappa shape index (κ2) is 14.0. The zero-order valence-electron chi connectivity index (χ0n) is 30.3. The highest BCUT2D eigenvalue weighted by atomic mass is 15.1. The average molecular weight is 700 g/mol. The normalized spacial score (nSPS) is 11.3. The average Bonchev–Trinajstić information content (AvgIpc) is 3.27. The number of hydrogen-bond acceptors (Lipinski definition) is 1. The van der Waals surface area contributed by atoms with Gasteiger partial charge in [0.2, 0.25) is 0 Å². The van der Waals surface area contributed by atoms with Gasteiger partial charge < -0.3 is 4.90 Å². The van der Waals surface area contributed by atoms with Crippen LogP contribution in [0.5, 0.6) is 0 Å². The quantitative estimate of drug-likeness (QED) is 0.150. The van der Waals surface area contributed by atoms with Crippen molar-refractivity contribution in [2.75, 3.05) is 4.90 Å². The molecule has 1 heteroatoms. The summed E-state index contributed by atoms with van der Waals surface area (Å²) in [6, 6.07) is 81.5. The highest BCUT2D eigenvalue weighted by Gasteiger charge is 2.21. The SMILES string of the molecule is c1ccc(-c2cccc(N(c3ccc(-c4cc5ccccc5c5ccccc45)cc3)c3cccc(-c4ccc5ccccc5c4)c3)c2-c2ccccc2)cc1. The van der Waals surface area contributed by atoms with Crippen molar-refractivity contribution in [1.29, 1.82) is 0 Å². The minimum atomic E-state index is 1.09. The molecule has 0 saturated heterocycles. The molecule has 0 bridgehead atoms. The lowest BCUT2D eigenvalue weighted by Crippen LogP contribution is -2.12. The number of fused-ring (bicyclic) bond motifs is 4. The summed E-state index contributed by atoms with van der Waals surface area (Å²) in [5, 5.41) is 7.54. The van der Waals surface area contributed by atoms with Gasteiger partial charge in [0, 0.05) is 16.9 Å². The molecule has 0 N–H and O–H groups in total. The predicted octanol–water partition coefficient (Wildman–Crippen LogP) is 15.3. The second-order valence-electron chi connectivity index (χ2n) is 14.1. The van der Waals surface area contributed by atoms with Gasteiger partial charge in [-0.05, 0) is 114 Å². The van der Waals surface area contributed by atoms with Crippen LogP contribution in [0.15, 0.2) is 224 Å². The van der Waals surface area contributed by atoms with Crippen LogP contribution in [0.2, 0.25) is 0 Å².